The molecule has 21 heavy (non-hydrogen) atoms. The van der Waals surface area contributed by atoms with Gasteiger partial charge in [0.25, 0.3) is 5.91 Å². The van der Waals surface area contributed by atoms with E-state index in [0.717, 1.165) is 17.1 Å². The molecule has 6 heteroatoms. The van der Waals surface area contributed by atoms with E-state index in [0.29, 0.717) is 31.9 Å². The number of ether oxygens (including phenoxy) is 2. The number of hydrogen-bond donors (Lipinski definition) is 1. The molecule has 1 amide bonds. The first kappa shape index (κ1) is 13.4. The number of carbonyl (C=O) groups excluding carboxylic acids is 1. The lowest BCUT2D eigenvalue weighted by Crippen LogP contribution is -2.26. The van der Waals surface area contributed by atoms with Crippen LogP contribution in [0.25, 0.3) is 0 Å². The second kappa shape index (κ2) is 6.21. The molecule has 1 aliphatic rings. The Kier molecular flexibility index (Phi) is 3.95. The third-order valence-corrected chi connectivity index (χ3v) is 3.10. The average molecular weight is 285 g/mol. The molecule has 6 nitrogen and oxygen atoms in total. The zero-order valence-electron chi connectivity index (χ0n) is 11.4. The number of benzene rings is 1. The Balaban J connectivity index is 1.55. The van der Waals surface area contributed by atoms with Crippen molar-refractivity contribution in [2.75, 3.05) is 19.8 Å². The summed E-state index contributed by atoms with van der Waals surface area (Å²) >= 11 is 0. The fourth-order valence-corrected chi connectivity index (χ4v) is 2.07. The maximum absolute atomic E-state index is 11.8. The minimum absolute atomic E-state index is 0.222. The molecule has 1 aromatic heterocycles. The maximum atomic E-state index is 11.8. The molecule has 108 valence electrons. The third-order valence-electron chi connectivity index (χ3n) is 3.10. The Morgan fingerprint density at radius 2 is 2.05 bits per heavy atom. The number of nitrogens with one attached hydrogen (secondary N) is 1. The van der Waals surface area contributed by atoms with Crippen LogP contribution in [-0.2, 0) is 6.42 Å². The Bertz CT molecular complexity index is 631. The number of nitrogens with zero attached hydrogens (tertiary/aromatic N) is 2. The van der Waals surface area contributed by atoms with Crippen molar-refractivity contribution in [2.24, 2.45) is 0 Å². The molecule has 0 fully saturated rings. The van der Waals surface area contributed by atoms with E-state index in [1.54, 1.807) is 0 Å². The smallest absolute Gasteiger partial charge is 0.271 e. The van der Waals surface area contributed by atoms with Gasteiger partial charge in [0, 0.05) is 18.9 Å². The minimum atomic E-state index is -0.222. The van der Waals surface area contributed by atoms with Crippen LogP contribution in [0.15, 0.2) is 36.8 Å². The summed E-state index contributed by atoms with van der Waals surface area (Å²) < 4.78 is 11.0. The van der Waals surface area contributed by atoms with Crippen molar-refractivity contribution >= 4 is 5.91 Å². The molecule has 1 aromatic carbocycles. The van der Waals surface area contributed by atoms with Gasteiger partial charge in [-0.25, -0.2) is 4.98 Å². The number of amides is 1. The first-order valence-electron chi connectivity index (χ1n) is 6.76. The molecule has 3 rings (SSSR count). The van der Waals surface area contributed by atoms with Crippen LogP contribution in [-0.4, -0.2) is 35.6 Å². The molecular weight excluding hydrogens is 270 g/mol. The van der Waals surface area contributed by atoms with Crippen LogP contribution in [0.1, 0.15) is 16.1 Å². The second-order valence-corrected chi connectivity index (χ2v) is 4.57. The number of aromatic nitrogens is 2. The fourth-order valence-electron chi connectivity index (χ4n) is 2.07. The van der Waals surface area contributed by atoms with Crippen molar-refractivity contribution < 1.29 is 14.3 Å². The molecule has 0 bridgehead atoms. The Hall–Kier alpha value is -2.63. The van der Waals surface area contributed by atoms with E-state index in [-0.39, 0.29) is 5.91 Å². The summed E-state index contributed by atoms with van der Waals surface area (Å²) in [5.74, 6) is 1.31. The summed E-state index contributed by atoms with van der Waals surface area (Å²) in [4.78, 5) is 19.6. The highest BCUT2D eigenvalue weighted by Crippen LogP contribution is 2.30. The lowest BCUT2D eigenvalue weighted by atomic mass is 10.1. The average Bonchev–Trinajstić information content (AvgIpc) is 2.55. The molecular formula is C15H15N3O3. The molecule has 0 spiro atoms. The topological polar surface area (TPSA) is 73.3 Å². The first-order chi connectivity index (χ1) is 10.3. The summed E-state index contributed by atoms with van der Waals surface area (Å²) in [6.07, 6.45) is 5.18. The van der Waals surface area contributed by atoms with Crippen molar-refractivity contribution in [2.45, 2.75) is 6.42 Å². The second-order valence-electron chi connectivity index (χ2n) is 4.57. The first-order valence-corrected chi connectivity index (χ1v) is 6.76. The molecule has 0 aliphatic carbocycles. The highest BCUT2D eigenvalue weighted by molar-refractivity contribution is 5.91. The molecule has 0 atom stereocenters. The summed E-state index contributed by atoms with van der Waals surface area (Å²) in [7, 11) is 0. The Labute approximate surface area is 122 Å². The van der Waals surface area contributed by atoms with E-state index in [4.69, 9.17) is 9.47 Å². The highest BCUT2D eigenvalue weighted by Gasteiger charge is 2.12. The molecule has 2 heterocycles. The normalized spacial score (nSPS) is 12.8. The molecule has 1 N–H and O–H groups in total. The molecule has 0 saturated heterocycles. The van der Waals surface area contributed by atoms with Crippen molar-refractivity contribution in [3.05, 3.63) is 48.0 Å². The van der Waals surface area contributed by atoms with Gasteiger partial charge in [-0.1, -0.05) is 6.07 Å². The van der Waals surface area contributed by atoms with Crippen molar-refractivity contribution in [1.29, 1.82) is 0 Å². The van der Waals surface area contributed by atoms with Crippen LogP contribution in [0, 0.1) is 0 Å². The van der Waals surface area contributed by atoms with Crippen LogP contribution < -0.4 is 14.8 Å². The monoisotopic (exact) mass is 285 g/mol. The molecule has 2 aromatic rings. The van der Waals surface area contributed by atoms with Gasteiger partial charge < -0.3 is 14.8 Å². The predicted octanol–water partition coefficient (Wildman–Crippen LogP) is 1.22. The predicted molar refractivity (Wildman–Crippen MR) is 75.5 cm³/mol. The fraction of sp³-hybridized carbons (Fsp3) is 0.267. The number of rotatable bonds is 4. The van der Waals surface area contributed by atoms with Crippen LogP contribution in [0.3, 0.4) is 0 Å². The van der Waals surface area contributed by atoms with E-state index >= 15 is 0 Å². The van der Waals surface area contributed by atoms with Gasteiger partial charge in [0.1, 0.15) is 18.9 Å². The number of hydrogen-bond acceptors (Lipinski definition) is 5. The van der Waals surface area contributed by atoms with Gasteiger partial charge in [-0.3, -0.25) is 9.78 Å². The summed E-state index contributed by atoms with van der Waals surface area (Å²) in [6.45, 7) is 1.68. The standard InChI is InChI=1S/C15H15N3O3/c19-15(12-10-16-5-6-17-12)18-4-3-11-1-2-13-14(9-11)21-8-7-20-13/h1-2,5-6,9-10H,3-4,7-8H2,(H,18,19). The number of carbonyl (C=O) groups is 1. The highest BCUT2D eigenvalue weighted by atomic mass is 16.6. The lowest BCUT2D eigenvalue weighted by Gasteiger charge is -2.18. The third kappa shape index (κ3) is 3.28. The van der Waals surface area contributed by atoms with Crippen LogP contribution >= 0.6 is 0 Å². The van der Waals surface area contributed by atoms with Crippen molar-refractivity contribution in [1.82, 2.24) is 15.3 Å². The van der Waals surface area contributed by atoms with E-state index in [9.17, 15) is 4.79 Å². The molecule has 1 aliphatic heterocycles. The van der Waals surface area contributed by atoms with Gasteiger partial charge in [-0.15, -0.1) is 0 Å². The molecule has 0 radical (unpaired) electrons. The van der Waals surface area contributed by atoms with Gasteiger partial charge in [0.2, 0.25) is 0 Å². The van der Waals surface area contributed by atoms with E-state index < -0.39 is 0 Å². The minimum Gasteiger partial charge on any atom is -0.486 e. The van der Waals surface area contributed by atoms with E-state index in [2.05, 4.69) is 15.3 Å². The van der Waals surface area contributed by atoms with Gasteiger partial charge in [0.05, 0.1) is 6.20 Å². The van der Waals surface area contributed by atoms with Crippen molar-refractivity contribution in [3.8, 4) is 11.5 Å². The Morgan fingerprint density at radius 1 is 1.19 bits per heavy atom. The van der Waals surface area contributed by atoms with Gasteiger partial charge >= 0.3 is 0 Å². The van der Waals surface area contributed by atoms with Crippen LogP contribution in [0.2, 0.25) is 0 Å². The largest absolute Gasteiger partial charge is 0.486 e. The summed E-state index contributed by atoms with van der Waals surface area (Å²) in [5.41, 5.74) is 1.40. The molecule has 0 saturated carbocycles. The van der Waals surface area contributed by atoms with E-state index in [1.165, 1.54) is 18.6 Å². The lowest BCUT2D eigenvalue weighted by molar-refractivity contribution is 0.0948. The van der Waals surface area contributed by atoms with Gasteiger partial charge in [-0.05, 0) is 24.1 Å². The Morgan fingerprint density at radius 3 is 2.86 bits per heavy atom. The van der Waals surface area contributed by atoms with Crippen molar-refractivity contribution in [3.63, 3.8) is 0 Å². The van der Waals surface area contributed by atoms with Crippen LogP contribution in [0.4, 0.5) is 0 Å². The zero-order valence-corrected chi connectivity index (χ0v) is 11.4. The van der Waals surface area contributed by atoms with Gasteiger partial charge in [-0.2, -0.15) is 0 Å². The quantitative estimate of drug-likeness (QED) is 0.914. The van der Waals surface area contributed by atoms with Crippen LogP contribution in [0.5, 0.6) is 11.5 Å². The zero-order chi connectivity index (χ0) is 14.5. The summed E-state index contributed by atoms with van der Waals surface area (Å²) in [6, 6.07) is 5.82. The maximum Gasteiger partial charge on any atom is 0.271 e. The SMILES string of the molecule is O=C(NCCc1ccc2c(c1)OCCO2)c1cnccn1. The molecule has 0 unspecified atom stereocenters. The summed E-state index contributed by atoms with van der Waals surface area (Å²) in [5, 5.41) is 2.81. The van der Waals surface area contributed by atoms with E-state index in [1.807, 2.05) is 18.2 Å². The number of fused-ring (bicyclic) bond motifs is 1. The van der Waals surface area contributed by atoms with Gasteiger partial charge in [0.15, 0.2) is 11.5 Å².